The molecule has 1 amide bonds. The highest BCUT2D eigenvalue weighted by atomic mass is 16.5. The molecular weight excluding hydrogens is 518 g/mol. The van der Waals surface area contributed by atoms with E-state index in [9.17, 15) is 4.79 Å². The number of hydrogen-bond acceptors (Lipinski definition) is 9. The summed E-state index contributed by atoms with van der Waals surface area (Å²) in [4.78, 5) is 24.1. The molecule has 2 saturated heterocycles. The number of benzene rings is 1. The van der Waals surface area contributed by atoms with Crippen LogP contribution in [0.5, 0.6) is 5.75 Å². The van der Waals surface area contributed by atoms with Crippen molar-refractivity contribution in [1.29, 1.82) is 0 Å². The number of pyridine rings is 2. The van der Waals surface area contributed by atoms with E-state index in [1.54, 1.807) is 23.1 Å². The minimum Gasteiger partial charge on any atom is -0.492 e. The highest BCUT2D eigenvalue weighted by Crippen LogP contribution is 2.26. The van der Waals surface area contributed by atoms with Gasteiger partial charge in [0.15, 0.2) is 0 Å². The van der Waals surface area contributed by atoms with Gasteiger partial charge in [0.2, 0.25) is 0 Å². The molecule has 0 aliphatic carbocycles. The molecule has 2 atom stereocenters. The maximum absolute atomic E-state index is 13.0. The molecule has 2 fully saturated rings. The Bertz CT molecular complexity index is 1500. The van der Waals surface area contributed by atoms with E-state index < -0.39 is 0 Å². The molecule has 6 rings (SSSR count). The SMILES string of the molecule is Cn1cc(-c2cnc(N)c(C(=O)N[C@@H]3CN[C@H](COc4ccc(-c5ccnc(N6CCNCC6)c5)cc4)C3)c2)cn1. The van der Waals surface area contributed by atoms with Gasteiger partial charge in [-0.25, -0.2) is 9.97 Å². The van der Waals surface area contributed by atoms with Crippen molar-refractivity contribution < 1.29 is 9.53 Å². The van der Waals surface area contributed by atoms with E-state index in [2.05, 4.69) is 54.1 Å². The van der Waals surface area contributed by atoms with Crippen LogP contribution in [0.15, 0.2) is 67.3 Å². The number of rotatable bonds is 8. The van der Waals surface area contributed by atoms with Crippen molar-refractivity contribution in [2.24, 2.45) is 7.05 Å². The lowest BCUT2D eigenvalue weighted by Crippen LogP contribution is -2.43. The van der Waals surface area contributed by atoms with E-state index in [0.29, 0.717) is 18.7 Å². The van der Waals surface area contributed by atoms with Gasteiger partial charge in [-0.2, -0.15) is 5.10 Å². The van der Waals surface area contributed by atoms with Gasteiger partial charge in [-0.05, 0) is 47.9 Å². The number of nitrogen functional groups attached to an aromatic ring is 1. The van der Waals surface area contributed by atoms with E-state index in [0.717, 1.165) is 66.4 Å². The Morgan fingerprint density at radius 1 is 1.05 bits per heavy atom. The summed E-state index contributed by atoms with van der Waals surface area (Å²) in [6.07, 6.45) is 7.89. The number of piperazine rings is 1. The summed E-state index contributed by atoms with van der Waals surface area (Å²) in [7, 11) is 1.84. The summed E-state index contributed by atoms with van der Waals surface area (Å²) in [6.45, 7) is 5.06. The van der Waals surface area contributed by atoms with E-state index >= 15 is 0 Å². The van der Waals surface area contributed by atoms with Crippen LogP contribution in [0.1, 0.15) is 16.8 Å². The first kappa shape index (κ1) is 26.7. The first-order chi connectivity index (χ1) is 20.0. The second-order valence-electron chi connectivity index (χ2n) is 10.5. The van der Waals surface area contributed by atoms with E-state index in [1.807, 2.05) is 37.6 Å². The van der Waals surface area contributed by atoms with Crippen LogP contribution >= 0.6 is 0 Å². The molecule has 0 spiro atoms. The molecular formula is C30H35N9O2. The third-order valence-electron chi connectivity index (χ3n) is 7.58. The molecule has 1 aromatic carbocycles. The standard InChI is InChI=1S/C30H35N9O2/c1-38-18-23(16-36-38)22-12-27(29(31)35-15-22)30(40)37-24-14-25(34-17-24)19-41-26-4-2-20(3-5-26)21-6-7-33-28(13-21)39-10-8-32-9-11-39/h2-7,12-13,15-16,18,24-25,32,34H,8-11,14,17,19H2,1H3,(H2,31,35)(H,37,40)/t24-,25-/m0/s1. The van der Waals surface area contributed by atoms with E-state index in [1.165, 1.54) is 0 Å². The minimum atomic E-state index is -0.235. The number of aromatic nitrogens is 4. The maximum Gasteiger partial charge on any atom is 0.255 e. The normalized spacial score (nSPS) is 18.8. The first-order valence-corrected chi connectivity index (χ1v) is 14.0. The van der Waals surface area contributed by atoms with Crippen molar-refractivity contribution in [1.82, 2.24) is 35.7 Å². The van der Waals surface area contributed by atoms with Crippen LogP contribution in [0.2, 0.25) is 0 Å². The number of amides is 1. The van der Waals surface area contributed by atoms with Gasteiger partial charge in [0.1, 0.15) is 24.0 Å². The maximum atomic E-state index is 13.0. The van der Waals surface area contributed by atoms with Gasteiger partial charge in [0, 0.05) is 81.6 Å². The lowest BCUT2D eigenvalue weighted by molar-refractivity contribution is 0.0940. The van der Waals surface area contributed by atoms with Crippen molar-refractivity contribution in [3.63, 3.8) is 0 Å². The Labute approximate surface area is 239 Å². The van der Waals surface area contributed by atoms with Crippen LogP contribution < -0.4 is 31.3 Å². The Hall–Kier alpha value is -4.48. The van der Waals surface area contributed by atoms with Crippen LogP contribution in [0, 0.1) is 0 Å². The molecule has 2 aliphatic rings. The summed E-state index contributed by atoms with van der Waals surface area (Å²) in [5.74, 6) is 1.79. The lowest BCUT2D eigenvalue weighted by Gasteiger charge is -2.28. The van der Waals surface area contributed by atoms with Gasteiger partial charge >= 0.3 is 0 Å². The Kier molecular flexibility index (Phi) is 7.79. The van der Waals surface area contributed by atoms with Crippen molar-refractivity contribution in [2.75, 3.05) is 50.0 Å². The Morgan fingerprint density at radius 2 is 1.88 bits per heavy atom. The number of hydrogen-bond donors (Lipinski definition) is 4. The summed E-state index contributed by atoms with van der Waals surface area (Å²) in [5.41, 5.74) is 10.3. The average molecular weight is 554 g/mol. The fourth-order valence-corrected chi connectivity index (χ4v) is 5.31. The quantitative estimate of drug-likeness (QED) is 0.259. The number of nitrogens with two attached hydrogens (primary N) is 1. The van der Waals surface area contributed by atoms with Crippen molar-refractivity contribution in [3.8, 4) is 28.0 Å². The molecule has 11 nitrogen and oxygen atoms in total. The van der Waals surface area contributed by atoms with Crippen molar-refractivity contribution >= 4 is 17.5 Å². The zero-order valence-electron chi connectivity index (χ0n) is 23.1. The highest BCUT2D eigenvalue weighted by molar-refractivity contribution is 5.99. The van der Waals surface area contributed by atoms with Gasteiger partial charge in [0.25, 0.3) is 5.91 Å². The first-order valence-electron chi connectivity index (χ1n) is 14.0. The topological polar surface area (TPSA) is 135 Å². The predicted octanol–water partition coefficient (Wildman–Crippen LogP) is 2.08. The van der Waals surface area contributed by atoms with Crippen LogP contribution in [-0.4, -0.2) is 77.1 Å². The van der Waals surface area contributed by atoms with Gasteiger partial charge in [0.05, 0.1) is 11.8 Å². The second-order valence-corrected chi connectivity index (χ2v) is 10.5. The van der Waals surface area contributed by atoms with Crippen LogP contribution in [0.3, 0.4) is 0 Å². The van der Waals surface area contributed by atoms with Crippen LogP contribution in [0.4, 0.5) is 11.6 Å². The molecule has 0 unspecified atom stereocenters. The summed E-state index contributed by atoms with van der Waals surface area (Å²) < 4.78 is 7.79. The monoisotopic (exact) mass is 553 g/mol. The van der Waals surface area contributed by atoms with Gasteiger partial charge in [-0.1, -0.05) is 12.1 Å². The molecule has 0 saturated carbocycles. The zero-order valence-corrected chi connectivity index (χ0v) is 23.1. The number of carbonyl (C=O) groups is 1. The highest BCUT2D eigenvalue weighted by Gasteiger charge is 2.27. The summed E-state index contributed by atoms with van der Waals surface area (Å²) in [6, 6.07) is 14.2. The number of ether oxygens (including phenoxy) is 1. The molecule has 0 bridgehead atoms. The molecule has 41 heavy (non-hydrogen) atoms. The smallest absolute Gasteiger partial charge is 0.255 e. The molecule has 11 heteroatoms. The number of carbonyl (C=O) groups excluding carboxylic acids is 1. The zero-order chi connectivity index (χ0) is 28.2. The number of nitrogens with one attached hydrogen (secondary N) is 3. The molecule has 4 aromatic rings. The number of anilines is 2. The molecule has 2 aliphatic heterocycles. The van der Waals surface area contributed by atoms with Crippen molar-refractivity contribution in [2.45, 2.75) is 18.5 Å². The third kappa shape index (κ3) is 6.31. The molecule has 212 valence electrons. The largest absolute Gasteiger partial charge is 0.492 e. The van der Waals surface area contributed by atoms with Crippen LogP contribution in [-0.2, 0) is 7.05 Å². The van der Waals surface area contributed by atoms with E-state index in [-0.39, 0.29) is 23.8 Å². The minimum absolute atomic E-state index is 0.0310. The fourth-order valence-electron chi connectivity index (χ4n) is 5.31. The Morgan fingerprint density at radius 3 is 2.66 bits per heavy atom. The van der Waals surface area contributed by atoms with Gasteiger partial charge in [-0.15, -0.1) is 0 Å². The van der Waals surface area contributed by atoms with Gasteiger partial charge < -0.3 is 31.3 Å². The Balaban J connectivity index is 1.01. The summed E-state index contributed by atoms with van der Waals surface area (Å²) in [5, 5.41) is 14.1. The van der Waals surface area contributed by atoms with Crippen molar-refractivity contribution in [3.05, 3.63) is 72.8 Å². The number of nitrogens with zero attached hydrogens (tertiary/aromatic N) is 5. The average Bonchev–Trinajstić information content (AvgIpc) is 3.65. The molecule has 5 heterocycles. The van der Waals surface area contributed by atoms with Crippen LogP contribution in [0.25, 0.3) is 22.3 Å². The molecule has 0 radical (unpaired) electrons. The van der Waals surface area contributed by atoms with E-state index in [4.69, 9.17) is 10.5 Å². The molecule has 5 N–H and O–H groups in total. The van der Waals surface area contributed by atoms with Gasteiger partial charge in [-0.3, -0.25) is 9.48 Å². The lowest BCUT2D eigenvalue weighted by atomic mass is 10.1. The number of aryl methyl sites for hydroxylation is 1. The second kappa shape index (κ2) is 11.9. The fraction of sp³-hybridized carbons (Fsp3) is 0.333. The molecule has 3 aromatic heterocycles. The summed E-state index contributed by atoms with van der Waals surface area (Å²) >= 11 is 0. The third-order valence-corrected chi connectivity index (χ3v) is 7.58. The predicted molar refractivity (Wildman–Crippen MR) is 159 cm³/mol.